The molecule has 4 nitrogen and oxygen atoms in total. The highest BCUT2D eigenvalue weighted by atomic mass is 32.1. The van der Waals surface area contributed by atoms with Crippen LogP contribution >= 0.6 is 11.3 Å². The fraction of sp³-hybridized carbons (Fsp3) is 0.583. The molecule has 2 rings (SSSR count). The van der Waals surface area contributed by atoms with Gasteiger partial charge in [-0.1, -0.05) is 0 Å². The summed E-state index contributed by atoms with van der Waals surface area (Å²) in [5.74, 6) is 1.06. The normalized spacial score (nSPS) is 13.5. The van der Waals surface area contributed by atoms with Gasteiger partial charge in [0.25, 0.3) is 0 Å². The second kappa shape index (κ2) is 4.66. The molecule has 0 aliphatic rings. The van der Waals surface area contributed by atoms with Crippen LogP contribution in [-0.4, -0.2) is 28.5 Å². The van der Waals surface area contributed by atoms with Crippen LogP contribution in [0.25, 0.3) is 4.96 Å². The number of rotatable bonds is 4. The van der Waals surface area contributed by atoms with E-state index >= 15 is 0 Å². The van der Waals surface area contributed by atoms with Crippen molar-refractivity contribution in [2.24, 2.45) is 5.73 Å². The number of aromatic nitrogens is 2. The van der Waals surface area contributed by atoms with E-state index in [0.717, 1.165) is 17.2 Å². The number of nitrogens with two attached hydrogens (primary N) is 1. The van der Waals surface area contributed by atoms with Gasteiger partial charge in [-0.3, -0.25) is 4.40 Å². The predicted molar refractivity (Wildman–Crippen MR) is 74.0 cm³/mol. The summed E-state index contributed by atoms with van der Waals surface area (Å²) in [5, 5.41) is 2.06. The molecule has 0 amide bonds. The minimum atomic E-state index is 0.147. The molecule has 2 heterocycles. The Hall–Kier alpha value is -1.07. The lowest BCUT2D eigenvalue weighted by atomic mass is 10.2. The molecule has 0 saturated carbocycles. The van der Waals surface area contributed by atoms with Crippen molar-refractivity contribution in [2.75, 3.05) is 11.9 Å². The third-order valence-corrected chi connectivity index (χ3v) is 3.72. The number of anilines is 1. The first-order valence-corrected chi connectivity index (χ1v) is 6.81. The fourth-order valence-electron chi connectivity index (χ4n) is 1.84. The Morgan fingerprint density at radius 3 is 2.76 bits per heavy atom. The number of nitrogens with zero attached hydrogens (tertiary/aromatic N) is 3. The van der Waals surface area contributed by atoms with Gasteiger partial charge in [-0.2, -0.15) is 0 Å². The van der Waals surface area contributed by atoms with E-state index in [1.54, 1.807) is 11.3 Å². The van der Waals surface area contributed by atoms with Crippen LogP contribution in [-0.2, 0) is 6.42 Å². The molecule has 2 aromatic heterocycles. The Bertz CT molecular complexity index is 498. The van der Waals surface area contributed by atoms with Crippen LogP contribution in [0.3, 0.4) is 0 Å². The molecule has 17 heavy (non-hydrogen) atoms. The summed E-state index contributed by atoms with van der Waals surface area (Å²) in [4.78, 5) is 7.95. The van der Waals surface area contributed by atoms with Gasteiger partial charge in [-0.05, 0) is 20.8 Å². The number of imidazole rings is 1. The van der Waals surface area contributed by atoms with Gasteiger partial charge in [0, 0.05) is 37.1 Å². The highest BCUT2D eigenvalue weighted by molar-refractivity contribution is 7.15. The van der Waals surface area contributed by atoms with Crippen molar-refractivity contribution in [3.8, 4) is 0 Å². The number of hydrogen-bond acceptors (Lipinski definition) is 4. The molecule has 94 valence electrons. The molecule has 5 heteroatoms. The monoisotopic (exact) mass is 252 g/mol. The second-order valence-corrected chi connectivity index (χ2v) is 5.70. The summed E-state index contributed by atoms with van der Waals surface area (Å²) >= 11 is 1.66. The Kier molecular flexibility index (Phi) is 3.40. The predicted octanol–water partition coefficient (Wildman–Crippen LogP) is 2.13. The maximum Gasteiger partial charge on any atom is 0.195 e. The summed E-state index contributed by atoms with van der Waals surface area (Å²) in [6.45, 7) is 6.37. The van der Waals surface area contributed by atoms with Gasteiger partial charge < -0.3 is 10.6 Å². The number of thiazole rings is 1. The molecule has 1 unspecified atom stereocenters. The molecule has 2 N–H and O–H groups in total. The van der Waals surface area contributed by atoms with E-state index in [4.69, 9.17) is 10.7 Å². The molecule has 0 bridgehead atoms. The zero-order chi connectivity index (χ0) is 12.6. The van der Waals surface area contributed by atoms with Crippen LogP contribution in [0, 0.1) is 0 Å². The standard InChI is InChI=1S/C12H20N4S/c1-8(2)15(4)11-10(7-9(3)13)16-5-6-17-12(16)14-11/h5-6,8-9H,7,13H2,1-4H3. The highest BCUT2D eigenvalue weighted by Crippen LogP contribution is 2.26. The molecular formula is C12H20N4S. The van der Waals surface area contributed by atoms with E-state index in [9.17, 15) is 0 Å². The molecule has 0 aromatic carbocycles. The van der Waals surface area contributed by atoms with Crippen molar-refractivity contribution in [2.45, 2.75) is 39.3 Å². The fourth-order valence-corrected chi connectivity index (χ4v) is 2.57. The average molecular weight is 252 g/mol. The first kappa shape index (κ1) is 12.4. The average Bonchev–Trinajstić information content (AvgIpc) is 2.79. The summed E-state index contributed by atoms with van der Waals surface area (Å²) in [6, 6.07) is 0.584. The lowest BCUT2D eigenvalue weighted by molar-refractivity contribution is 0.698. The maximum absolute atomic E-state index is 5.93. The molecule has 2 aromatic rings. The van der Waals surface area contributed by atoms with Crippen LogP contribution in [0.2, 0.25) is 0 Å². The maximum atomic E-state index is 5.93. The Balaban J connectivity index is 2.49. The largest absolute Gasteiger partial charge is 0.356 e. The zero-order valence-corrected chi connectivity index (χ0v) is 11.7. The van der Waals surface area contributed by atoms with Crippen molar-refractivity contribution in [3.63, 3.8) is 0 Å². The van der Waals surface area contributed by atoms with E-state index in [0.29, 0.717) is 6.04 Å². The third-order valence-electron chi connectivity index (χ3n) is 2.96. The minimum Gasteiger partial charge on any atom is -0.356 e. The molecule has 0 saturated heterocycles. The first-order chi connectivity index (χ1) is 8.00. The lowest BCUT2D eigenvalue weighted by Gasteiger charge is -2.23. The lowest BCUT2D eigenvalue weighted by Crippen LogP contribution is -2.28. The molecular weight excluding hydrogens is 232 g/mol. The second-order valence-electron chi connectivity index (χ2n) is 4.82. The smallest absolute Gasteiger partial charge is 0.195 e. The summed E-state index contributed by atoms with van der Waals surface area (Å²) in [6.07, 6.45) is 2.92. The van der Waals surface area contributed by atoms with E-state index in [-0.39, 0.29) is 6.04 Å². The van der Waals surface area contributed by atoms with Crippen molar-refractivity contribution in [3.05, 3.63) is 17.3 Å². The summed E-state index contributed by atoms with van der Waals surface area (Å²) in [5.41, 5.74) is 7.15. The number of fused-ring (bicyclic) bond motifs is 1. The molecule has 0 fully saturated rings. The van der Waals surface area contributed by atoms with Gasteiger partial charge in [0.1, 0.15) is 0 Å². The van der Waals surface area contributed by atoms with Gasteiger partial charge in [0.2, 0.25) is 0 Å². The summed E-state index contributed by atoms with van der Waals surface area (Å²) in [7, 11) is 2.09. The number of hydrogen-bond donors (Lipinski definition) is 1. The minimum absolute atomic E-state index is 0.147. The zero-order valence-electron chi connectivity index (χ0n) is 10.8. The topological polar surface area (TPSA) is 46.6 Å². The Morgan fingerprint density at radius 2 is 2.18 bits per heavy atom. The van der Waals surface area contributed by atoms with E-state index in [1.165, 1.54) is 5.69 Å². The third kappa shape index (κ3) is 2.30. The summed E-state index contributed by atoms with van der Waals surface area (Å²) < 4.78 is 2.15. The van der Waals surface area contributed by atoms with Crippen LogP contribution in [0.4, 0.5) is 5.82 Å². The molecule has 0 radical (unpaired) electrons. The van der Waals surface area contributed by atoms with Crippen molar-refractivity contribution in [1.29, 1.82) is 0 Å². The van der Waals surface area contributed by atoms with Gasteiger partial charge in [0.15, 0.2) is 10.8 Å². The Morgan fingerprint density at radius 1 is 1.47 bits per heavy atom. The van der Waals surface area contributed by atoms with Gasteiger partial charge >= 0.3 is 0 Å². The van der Waals surface area contributed by atoms with Crippen LogP contribution in [0.15, 0.2) is 11.6 Å². The molecule has 1 atom stereocenters. The van der Waals surface area contributed by atoms with E-state index in [1.807, 2.05) is 6.92 Å². The van der Waals surface area contributed by atoms with Crippen LogP contribution < -0.4 is 10.6 Å². The van der Waals surface area contributed by atoms with Gasteiger partial charge in [-0.15, -0.1) is 11.3 Å². The van der Waals surface area contributed by atoms with Crippen molar-refractivity contribution >= 4 is 22.1 Å². The van der Waals surface area contributed by atoms with Gasteiger partial charge in [0.05, 0.1) is 5.69 Å². The SMILES string of the molecule is CC(N)Cc1c(N(C)C(C)C)nc2sccn12. The molecule has 0 aliphatic carbocycles. The molecule has 0 spiro atoms. The van der Waals surface area contributed by atoms with Crippen molar-refractivity contribution < 1.29 is 0 Å². The molecule has 0 aliphatic heterocycles. The quantitative estimate of drug-likeness (QED) is 0.906. The van der Waals surface area contributed by atoms with E-state index < -0.39 is 0 Å². The Labute approximate surface area is 106 Å². The first-order valence-electron chi connectivity index (χ1n) is 5.93. The van der Waals surface area contributed by atoms with E-state index in [2.05, 4.69) is 41.8 Å². The van der Waals surface area contributed by atoms with Gasteiger partial charge in [-0.25, -0.2) is 4.98 Å². The van der Waals surface area contributed by atoms with Crippen LogP contribution in [0.1, 0.15) is 26.5 Å². The van der Waals surface area contributed by atoms with Crippen molar-refractivity contribution in [1.82, 2.24) is 9.38 Å². The van der Waals surface area contributed by atoms with Crippen LogP contribution in [0.5, 0.6) is 0 Å². The highest BCUT2D eigenvalue weighted by Gasteiger charge is 2.18.